The number of nitrogens with one attached hydrogen (secondary N) is 1. The Morgan fingerprint density at radius 1 is 1.26 bits per heavy atom. The lowest BCUT2D eigenvalue weighted by molar-refractivity contribution is 0.275. The van der Waals surface area contributed by atoms with E-state index in [-0.39, 0.29) is 0 Å². The molecule has 1 fully saturated rings. The Labute approximate surface area is 130 Å². The van der Waals surface area contributed by atoms with E-state index < -0.39 is 0 Å². The summed E-state index contributed by atoms with van der Waals surface area (Å²) in [6.07, 6.45) is 6.99. The van der Waals surface area contributed by atoms with Gasteiger partial charge >= 0.3 is 0 Å². The van der Waals surface area contributed by atoms with Gasteiger partial charge in [-0.15, -0.1) is 0 Å². The highest BCUT2D eigenvalue weighted by Gasteiger charge is 2.17. The van der Waals surface area contributed by atoms with Crippen molar-refractivity contribution in [3.05, 3.63) is 33.3 Å². The second-order valence-corrected chi connectivity index (χ2v) is 7.12. The first kappa shape index (κ1) is 15.3. The van der Waals surface area contributed by atoms with Crippen LogP contribution < -0.4 is 5.32 Å². The molecule has 1 aliphatic rings. The Morgan fingerprint density at radius 3 is 2.74 bits per heavy atom. The lowest BCUT2D eigenvalue weighted by Gasteiger charge is -2.26. The van der Waals surface area contributed by atoms with Gasteiger partial charge in [0.15, 0.2) is 0 Å². The van der Waals surface area contributed by atoms with Crippen molar-refractivity contribution in [2.45, 2.75) is 45.6 Å². The van der Waals surface area contributed by atoms with E-state index in [9.17, 15) is 0 Å². The first-order valence-corrected chi connectivity index (χ1v) is 8.47. The molecule has 0 unspecified atom stereocenters. The maximum atomic E-state index is 6.02. The number of hydrogen-bond donors (Lipinski definition) is 1. The highest BCUT2D eigenvalue weighted by Crippen LogP contribution is 2.30. The van der Waals surface area contributed by atoms with Gasteiger partial charge in [0.25, 0.3) is 0 Å². The summed E-state index contributed by atoms with van der Waals surface area (Å²) in [5.41, 5.74) is 1.24. The summed E-state index contributed by atoms with van der Waals surface area (Å²) in [4.78, 5) is 0. The Hall–Kier alpha value is -0.0500. The molecule has 1 aromatic rings. The number of hydrogen-bond acceptors (Lipinski definition) is 1. The minimum absolute atomic E-state index is 0.807. The molecule has 0 atom stereocenters. The Bertz CT molecular complexity index is 400. The van der Waals surface area contributed by atoms with Crippen LogP contribution in [0.2, 0.25) is 5.02 Å². The van der Waals surface area contributed by atoms with E-state index in [1.165, 1.54) is 37.7 Å². The molecule has 0 amide bonds. The van der Waals surface area contributed by atoms with Gasteiger partial charge in [0.2, 0.25) is 0 Å². The summed E-state index contributed by atoms with van der Waals surface area (Å²) >= 11 is 9.58. The van der Waals surface area contributed by atoms with Crippen molar-refractivity contribution in [2.75, 3.05) is 6.54 Å². The molecule has 1 aliphatic carbocycles. The van der Waals surface area contributed by atoms with Crippen LogP contribution in [0.3, 0.4) is 0 Å². The molecule has 0 aliphatic heterocycles. The number of rotatable bonds is 5. The average Bonchev–Trinajstić information content (AvgIpc) is 2.40. The highest BCUT2D eigenvalue weighted by molar-refractivity contribution is 9.10. The van der Waals surface area contributed by atoms with Crippen LogP contribution in [0.15, 0.2) is 22.7 Å². The van der Waals surface area contributed by atoms with E-state index in [4.69, 9.17) is 11.6 Å². The topological polar surface area (TPSA) is 12.0 Å². The van der Waals surface area contributed by atoms with E-state index >= 15 is 0 Å². The molecule has 0 spiro atoms. The molecule has 0 aromatic heterocycles. The van der Waals surface area contributed by atoms with E-state index in [1.807, 2.05) is 18.2 Å². The summed E-state index contributed by atoms with van der Waals surface area (Å²) in [7, 11) is 0. The lowest BCUT2D eigenvalue weighted by atomic mass is 9.81. The van der Waals surface area contributed by atoms with Crippen LogP contribution >= 0.6 is 27.5 Å². The minimum Gasteiger partial charge on any atom is -0.313 e. The molecule has 0 saturated heterocycles. The maximum Gasteiger partial charge on any atom is 0.0410 e. The van der Waals surface area contributed by atoms with Gasteiger partial charge in [0.05, 0.1) is 0 Å². The van der Waals surface area contributed by atoms with Crippen molar-refractivity contribution >= 4 is 27.5 Å². The van der Waals surface area contributed by atoms with E-state index in [0.717, 1.165) is 34.4 Å². The normalized spacial score (nSPS) is 23.5. The van der Waals surface area contributed by atoms with E-state index in [1.54, 1.807) is 0 Å². The third-order valence-corrected chi connectivity index (χ3v) is 5.20. The zero-order valence-corrected chi connectivity index (χ0v) is 13.9. The van der Waals surface area contributed by atoms with E-state index in [0.29, 0.717) is 0 Å². The molecule has 0 bridgehead atoms. The highest BCUT2D eigenvalue weighted by atomic mass is 79.9. The van der Waals surface area contributed by atoms with Gasteiger partial charge < -0.3 is 5.32 Å². The quantitative estimate of drug-likeness (QED) is 0.704. The Kier molecular flexibility index (Phi) is 6.18. The Morgan fingerprint density at radius 2 is 2.00 bits per heavy atom. The van der Waals surface area contributed by atoms with Crippen LogP contribution in [0, 0.1) is 11.8 Å². The summed E-state index contributed by atoms with van der Waals surface area (Å²) in [6.45, 7) is 4.38. The fourth-order valence-electron chi connectivity index (χ4n) is 2.83. The molecule has 2 rings (SSSR count). The Balaban J connectivity index is 1.68. The smallest absolute Gasteiger partial charge is 0.0410 e. The third-order valence-electron chi connectivity index (χ3n) is 4.19. The van der Waals surface area contributed by atoms with Gasteiger partial charge in [-0.3, -0.25) is 0 Å². The van der Waals surface area contributed by atoms with Crippen LogP contribution in [-0.2, 0) is 6.54 Å². The third kappa shape index (κ3) is 5.09. The molecule has 106 valence electrons. The second-order valence-electron chi connectivity index (χ2n) is 5.83. The molecular formula is C16H23BrClN. The second kappa shape index (κ2) is 7.66. The summed E-state index contributed by atoms with van der Waals surface area (Å²) in [5, 5.41) is 4.35. The van der Waals surface area contributed by atoms with E-state index in [2.05, 4.69) is 28.2 Å². The van der Waals surface area contributed by atoms with Crippen LogP contribution in [-0.4, -0.2) is 6.54 Å². The molecule has 1 nitrogen and oxygen atoms in total. The molecule has 1 N–H and O–H groups in total. The van der Waals surface area contributed by atoms with Gasteiger partial charge in [-0.05, 0) is 48.6 Å². The zero-order valence-electron chi connectivity index (χ0n) is 11.6. The van der Waals surface area contributed by atoms with Crippen molar-refractivity contribution in [1.29, 1.82) is 0 Å². The summed E-state index contributed by atoms with van der Waals surface area (Å²) in [6, 6.07) is 5.96. The lowest BCUT2D eigenvalue weighted by Crippen LogP contribution is -2.20. The summed E-state index contributed by atoms with van der Waals surface area (Å²) in [5.74, 6) is 1.89. The molecule has 3 heteroatoms. The van der Waals surface area contributed by atoms with Crippen molar-refractivity contribution < 1.29 is 0 Å². The average molecular weight is 345 g/mol. The molecule has 1 saturated carbocycles. The fraction of sp³-hybridized carbons (Fsp3) is 0.625. The SMILES string of the molecule is CC1CCC(CCNCc2cc(Cl)ccc2Br)CC1. The van der Waals surface area contributed by atoms with Crippen molar-refractivity contribution in [2.24, 2.45) is 11.8 Å². The molecule has 19 heavy (non-hydrogen) atoms. The van der Waals surface area contributed by atoms with Crippen LogP contribution in [0.1, 0.15) is 44.6 Å². The van der Waals surface area contributed by atoms with Crippen molar-refractivity contribution in [3.63, 3.8) is 0 Å². The van der Waals surface area contributed by atoms with Crippen molar-refractivity contribution in [1.82, 2.24) is 5.32 Å². The van der Waals surface area contributed by atoms with Gasteiger partial charge in [-0.1, -0.05) is 60.1 Å². The molecule has 1 aromatic carbocycles. The first-order valence-electron chi connectivity index (χ1n) is 7.30. The molecule has 0 heterocycles. The minimum atomic E-state index is 0.807. The van der Waals surface area contributed by atoms with Gasteiger partial charge in [0, 0.05) is 16.0 Å². The number of halogens is 2. The largest absolute Gasteiger partial charge is 0.313 e. The standard InChI is InChI=1S/C16H23BrClN/c1-12-2-4-13(5-3-12)8-9-19-11-14-10-15(18)6-7-16(14)17/h6-7,10,12-13,19H,2-5,8-9,11H2,1H3. The predicted molar refractivity (Wildman–Crippen MR) is 86.6 cm³/mol. The summed E-state index contributed by atoms with van der Waals surface area (Å²) < 4.78 is 1.14. The monoisotopic (exact) mass is 343 g/mol. The first-order chi connectivity index (χ1) is 9.15. The van der Waals surface area contributed by atoms with Gasteiger partial charge in [-0.25, -0.2) is 0 Å². The van der Waals surface area contributed by atoms with Gasteiger partial charge in [-0.2, -0.15) is 0 Å². The number of benzene rings is 1. The molecular weight excluding hydrogens is 322 g/mol. The predicted octanol–water partition coefficient (Wildman–Crippen LogP) is 5.41. The van der Waals surface area contributed by atoms with Crippen LogP contribution in [0.25, 0.3) is 0 Å². The van der Waals surface area contributed by atoms with Crippen LogP contribution in [0.5, 0.6) is 0 Å². The van der Waals surface area contributed by atoms with Gasteiger partial charge in [0.1, 0.15) is 0 Å². The van der Waals surface area contributed by atoms with Crippen LogP contribution in [0.4, 0.5) is 0 Å². The van der Waals surface area contributed by atoms with Crippen molar-refractivity contribution in [3.8, 4) is 0 Å². The fourth-order valence-corrected chi connectivity index (χ4v) is 3.41. The molecule has 0 radical (unpaired) electrons. The zero-order chi connectivity index (χ0) is 13.7. The maximum absolute atomic E-state index is 6.02.